The Balaban J connectivity index is 2.21. The van der Waals surface area contributed by atoms with Crippen molar-refractivity contribution in [2.24, 2.45) is 5.41 Å². The first kappa shape index (κ1) is 13.8. The molecule has 0 aromatic heterocycles. The number of piperazine rings is 1. The highest BCUT2D eigenvalue weighted by atomic mass is 16.5. The third kappa shape index (κ3) is 2.43. The zero-order valence-corrected chi connectivity index (χ0v) is 11.1. The topological polar surface area (TPSA) is 82.4 Å². The second-order valence-electron chi connectivity index (χ2n) is 5.02. The molecule has 19 heavy (non-hydrogen) atoms. The molecule has 1 N–H and O–H groups in total. The highest BCUT2D eigenvalue weighted by Crippen LogP contribution is 2.33. The molecule has 0 aliphatic carbocycles. The molecule has 1 unspecified atom stereocenters. The summed E-state index contributed by atoms with van der Waals surface area (Å²) in [4.78, 5) is 26.1. The van der Waals surface area contributed by atoms with E-state index < -0.39 is 11.5 Å². The summed E-state index contributed by atoms with van der Waals surface area (Å²) in [5.41, 5.74) is -1.01. The standard InChI is InChI=1S/C13H19N3O3/c1-2-10-11(17)15-5-6-16(10)12(18)13(9-14)3-7-19-8-4-13/h10H,2-8H2,1H3,(H,15,17). The maximum absolute atomic E-state index is 12.7. The van der Waals surface area contributed by atoms with Gasteiger partial charge in [0.05, 0.1) is 6.07 Å². The number of hydrogen-bond acceptors (Lipinski definition) is 4. The van der Waals surface area contributed by atoms with Gasteiger partial charge in [0, 0.05) is 26.3 Å². The molecule has 0 bridgehead atoms. The summed E-state index contributed by atoms with van der Waals surface area (Å²) in [7, 11) is 0. The number of amides is 2. The van der Waals surface area contributed by atoms with Crippen LogP contribution in [0.15, 0.2) is 0 Å². The maximum atomic E-state index is 12.7. The minimum atomic E-state index is -1.01. The van der Waals surface area contributed by atoms with E-state index in [0.29, 0.717) is 45.6 Å². The van der Waals surface area contributed by atoms with Gasteiger partial charge in [-0.05, 0) is 19.3 Å². The largest absolute Gasteiger partial charge is 0.381 e. The lowest BCUT2D eigenvalue weighted by Gasteiger charge is -2.40. The lowest BCUT2D eigenvalue weighted by Crippen LogP contribution is -2.60. The fraction of sp³-hybridized carbons (Fsp3) is 0.769. The van der Waals surface area contributed by atoms with Crippen LogP contribution in [-0.2, 0) is 14.3 Å². The van der Waals surface area contributed by atoms with Crippen LogP contribution >= 0.6 is 0 Å². The predicted octanol–water partition coefficient (Wildman–Crippen LogP) is 0.0438. The van der Waals surface area contributed by atoms with E-state index in [1.54, 1.807) is 4.90 Å². The van der Waals surface area contributed by atoms with Crippen LogP contribution < -0.4 is 5.32 Å². The second kappa shape index (κ2) is 5.57. The zero-order valence-electron chi connectivity index (χ0n) is 11.1. The Labute approximate surface area is 112 Å². The first-order valence-electron chi connectivity index (χ1n) is 6.72. The van der Waals surface area contributed by atoms with Gasteiger partial charge >= 0.3 is 0 Å². The van der Waals surface area contributed by atoms with E-state index in [2.05, 4.69) is 11.4 Å². The van der Waals surface area contributed by atoms with Crippen molar-refractivity contribution in [3.8, 4) is 6.07 Å². The van der Waals surface area contributed by atoms with Gasteiger partial charge in [0.25, 0.3) is 0 Å². The molecule has 0 aromatic rings. The van der Waals surface area contributed by atoms with Gasteiger partial charge in [-0.15, -0.1) is 0 Å². The van der Waals surface area contributed by atoms with Gasteiger partial charge in [0.1, 0.15) is 11.5 Å². The number of hydrogen-bond donors (Lipinski definition) is 1. The van der Waals surface area contributed by atoms with Crippen LogP contribution in [0, 0.1) is 16.7 Å². The van der Waals surface area contributed by atoms with Crippen molar-refractivity contribution in [3.05, 3.63) is 0 Å². The summed E-state index contributed by atoms with van der Waals surface area (Å²) in [5, 5.41) is 12.2. The van der Waals surface area contributed by atoms with E-state index in [1.807, 2.05) is 6.92 Å². The maximum Gasteiger partial charge on any atom is 0.243 e. The summed E-state index contributed by atoms with van der Waals surface area (Å²) in [6.45, 7) is 3.66. The molecule has 0 radical (unpaired) electrons. The number of nitrogens with one attached hydrogen (secondary N) is 1. The third-order valence-corrected chi connectivity index (χ3v) is 3.95. The van der Waals surface area contributed by atoms with E-state index in [1.165, 1.54) is 0 Å². The van der Waals surface area contributed by atoms with Crippen molar-refractivity contribution in [1.29, 1.82) is 5.26 Å². The van der Waals surface area contributed by atoms with Crippen molar-refractivity contribution < 1.29 is 14.3 Å². The smallest absolute Gasteiger partial charge is 0.243 e. The normalized spacial score (nSPS) is 26.4. The van der Waals surface area contributed by atoms with E-state index in [4.69, 9.17) is 4.74 Å². The summed E-state index contributed by atoms with van der Waals surface area (Å²) in [6.07, 6.45) is 1.39. The van der Waals surface area contributed by atoms with Crippen LogP contribution in [0.1, 0.15) is 26.2 Å². The molecular formula is C13H19N3O3. The summed E-state index contributed by atoms with van der Waals surface area (Å²) < 4.78 is 5.24. The second-order valence-corrected chi connectivity index (χ2v) is 5.02. The number of rotatable bonds is 2. The van der Waals surface area contributed by atoms with Crippen LogP contribution in [0.3, 0.4) is 0 Å². The van der Waals surface area contributed by atoms with Crippen molar-refractivity contribution >= 4 is 11.8 Å². The minimum absolute atomic E-state index is 0.123. The fourth-order valence-electron chi connectivity index (χ4n) is 2.73. The lowest BCUT2D eigenvalue weighted by atomic mass is 9.79. The SMILES string of the molecule is CCC1C(=O)NCCN1C(=O)C1(C#N)CCOCC1. The molecule has 0 aromatic carbocycles. The zero-order chi connectivity index (χ0) is 13.9. The average Bonchev–Trinajstić information content (AvgIpc) is 2.47. The molecule has 2 rings (SSSR count). The minimum Gasteiger partial charge on any atom is -0.381 e. The van der Waals surface area contributed by atoms with Gasteiger partial charge in [0.2, 0.25) is 11.8 Å². The van der Waals surface area contributed by atoms with E-state index >= 15 is 0 Å². The molecule has 2 saturated heterocycles. The Hall–Kier alpha value is -1.61. The van der Waals surface area contributed by atoms with Gasteiger partial charge in [0.15, 0.2) is 0 Å². The van der Waals surface area contributed by atoms with Gasteiger partial charge in [-0.3, -0.25) is 9.59 Å². The molecule has 104 valence electrons. The molecule has 2 aliphatic rings. The molecule has 2 aliphatic heterocycles. The van der Waals surface area contributed by atoms with Crippen molar-refractivity contribution in [1.82, 2.24) is 10.2 Å². The van der Waals surface area contributed by atoms with Gasteiger partial charge in [-0.2, -0.15) is 5.26 Å². The summed E-state index contributed by atoms with van der Waals surface area (Å²) >= 11 is 0. The molecular weight excluding hydrogens is 246 g/mol. The summed E-state index contributed by atoms with van der Waals surface area (Å²) in [5.74, 6) is -0.331. The molecule has 1 atom stereocenters. The Morgan fingerprint density at radius 1 is 1.58 bits per heavy atom. The van der Waals surface area contributed by atoms with Crippen LogP contribution in [-0.4, -0.2) is 49.1 Å². The molecule has 6 heteroatoms. The van der Waals surface area contributed by atoms with Crippen molar-refractivity contribution in [2.45, 2.75) is 32.2 Å². The van der Waals surface area contributed by atoms with E-state index in [9.17, 15) is 14.9 Å². The van der Waals surface area contributed by atoms with E-state index in [0.717, 1.165) is 0 Å². The van der Waals surface area contributed by atoms with E-state index in [-0.39, 0.29) is 11.8 Å². The highest BCUT2D eigenvalue weighted by Gasteiger charge is 2.46. The lowest BCUT2D eigenvalue weighted by molar-refractivity contribution is -0.152. The van der Waals surface area contributed by atoms with Crippen LogP contribution in [0.25, 0.3) is 0 Å². The molecule has 2 fully saturated rings. The van der Waals surface area contributed by atoms with Gasteiger partial charge in [-0.25, -0.2) is 0 Å². The number of carbonyl (C=O) groups excluding carboxylic acids is 2. The number of nitriles is 1. The highest BCUT2D eigenvalue weighted by molar-refractivity contribution is 5.92. The van der Waals surface area contributed by atoms with Crippen molar-refractivity contribution in [3.63, 3.8) is 0 Å². The van der Waals surface area contributed by atoms with Crippen molar-refractivity contribution in [2.75, 3.05) is 26.3 Å². The number of nitrogens with zero attached hydrogens (tertiary/aromatic N) is 2. The fourth-order valence-corrected chi connectivity index (χ4v) is 2.73. The van der Waals surface area contributed by atoms with Gasteiger partial charge in [-0.1, -0.05) is 6.92 Å². The average molecular weight is 265 g/mol. The van der Waals surface area contributed by atoms with Gasteiger partial charge < -0.3 is 15.0 Å². The molecule has 0 spiro atoms. The summed E-state index contributed by atoms with van der Waals surface area (Å²) in [6, 6.07) is 1.72. The van der Waals surface area contributed by atoms with Crippen LogP contribution in [0.2, 0.25) is 0 Å². The molecule has 0 saturated carbocycles. The monoisotopic (exact) mass is 265 g/mol. The first-order valence-corrected chi connectivity index (χ1v) is 6.72. The number of carbonyl (C=O) groups is 2. The Kier molecular flexibility index (Phi) is 4.05. The Morgan fingerprint density at radius 3 is 2.84 bits per heavy atom. The quantitative estimate of drug-likeness (QED) is 0.764. The third-order valence-electron chi connectivity index (χ3n) is 3.95. The number of ether oxygens (including phenoxy) is 1. The first-order chi connectivity index (χ1) is 9.14. The molecule has 2 amide bonds. The van der Waals surface area contributed by atoms with Crippen LogP contribution in [0.4, 0.5) is 0 Å². The molecule has 2 heterocycles. The predicted molar refractivity (Wildman–Crippen MR) is 66.9 cm³/mol. The Morgan fingerprint density at radius 2 is 2.26 bits per heavy atom. The Bertz CT molecular complexity index is 410. The molecule has 6 nitrogen and oxygen atoms in total. The van der Waals surface area contributed by atoms with Crippen LogP contribution in [0.5, 0.6) is 0 Å².